The lowest BCUT2D eigenvalue weighted by Crippen LogP contribution is -2.33. The molecule has 7 nitrogen and oxygen atoms in total. The second kappa shape index (κ2) is 6.63. The second-order valence-corrected chi connectivity index (χ2v) is 7.94. The fraction of sp³-hybridized carbons (Fsp3) is 1.00. The maximum absolute atomic E-state index is 12.8. The Kier molecular flexibility index (Phi) is 5.95. The van der Waals surface area contributed by atoms with Crippen LogP contribution in [0.5, 0.6) is 0 Å². The summed E-state index contributed by atoms with van der Waals surface area (Å²) in [5.41, 5.74) is 0. The van der Waals surface area contributed by atoms with Crippen molar-refractivity contribution in [3.63, 3.8) is 0 Å². The minimum Gasteiger partial charge on any atom is -0.776 e. The van der Waals surface area contributed by atoms with Crippen molar-refractivity contribution in [2.45, 2.75) is 39.1 Å². The van der Waals surface area contributed by atoms with Gasteiger partial charge in [0.2, 0.25) is 0 Å². The summed E-state index contributed by atoms with van der Waals surface area (Å²) in [6.45, 7) is 5.85. The fourth-order valence-electron chi connectivity index (χ4n) is 1.85. The molecule has 0 radical (unpaired) electrons. The summed E-state index contributed by atoms with van der Waals surface area (Å²) in [5.74, 6) is -0.853. The molecule has 1 saturated heterocycles. The molecule has 0 aliphatic carbocycles. The summed E-state index contributed by atoms with van der Waals surface area (Å²) in [6.07, 6.45) is 0.655. The Balaban J connectivity index is 2.64. The third-order valence-corrected chi connectivity index (χ3v) is 6.94. The van der Waals surface area contributed by atoms with Gasteiger partial charge in [-0.2, -0.15) is 0 Å². The van der Waals surface area contributed by atoms with E-state index in [-0.39, 0.29) is 25.7 Å². The van der Waals surface area contributed by atoms with Gasteiger partial charge >= 0.3 is 7.44 Å². The second-order valence-electron chi connectivity index (χ2n) is 4.86. The van der Waals surface area contributed by atoms with Crippen LogP contribution in [0, 0.1) is 10.4 Å². The molecule has 0 N–H and O–H groups in total. The normalized spacial score (nSPS) is 23.9. The topological polar surface area (TPSA) is 84.9 Å². The number of hydroxylamine groups is 3. The van der Waals surface area contributed by atoms with E-state index in [1.165, 1.54) is 0 Å². The fourth-order valence-corrected chi connectivity index (χ4v) is 4.54. The van der Waals surface area contributed by atoms with Crippen LogP contribution >= 0.6 is 7.44 Å². The molecule has 1 fully saturated rings. The van der Waals surface area contributed by atoms with Gasteiger partial charge < -0.3 is 19.9 Å². The predicted molar refractivity (Wildman–Crippen MR) is 73.2 cm³/mol. The quantitative estimate of drug-likeness (QED) is 0.280. The Morgan fingerprint density at radius 3 is 2.42 bits per heavy atom. The highest BCUT2D eigenvalue weighted by Crippen LogP contribution is 2.66. The van der Waals surface area contributed by atoms with Gasteiger partial charge in [0.1, 0.15) is 13.1 Å². The Morgan fingerprint density at radius 1 is 1.42 bits per heavy atom. The zero-order valence-corrected chi connectivity index (χ0v) is 13.0. The summed E-state index contributed by atoms with van der Waals surface area (Å²) >= 11 is 0. The van der Waals surface area contributed by atoms with E-state index < -0.39 is 17.7 Å². The van der Waals surface area contributed by atoms with Gasteiger partial charge in [-0.3, -0.25) is 9.25 Å². The molecule has 0 aromatic carbocycles. The van der Waals surface area contributed by atoms with Crippen molar-refractivity contribution in [2.75, 3.05) is 33.4 Å². The van der Waals surface area contributed by atoms with Crippen LogP contribution in [0.4, 0.5) is 0 Å². The lowest BCUT2D eigenvalue weighted by atomic mass is 10.3. The first-order valence-corrected chi connectivity index (χ1v) is 8.27. The van der Waals surface area contributed by atoms with E-state index in [0.29, 0.717) is 17.9 Å². The number of ether oxygens (including phenoxy) is 2. The highest BCUT2D eigenvalue weighted by atomic mass is 31.2. The van der Waals surface area contributed by atoms with Gasteiger partial charge in [-0.25, -0.2) is 4.57 Å². The van der Waals surface area contributed by atoms with Gasteiger partial charge in [-0.15, -0.1) is 0 Å². The standard InChI is InChI=1S/C11H24N2O5P/c1-5-12(14)19(16,13(15)7-8-13)11(3)18-9-6-10(2)17-4/h10-11H,5-9H2,1-4H3/q-1. The molecule has 19 heavy (non-hydrogen) atoms. The van der Waals surface area contributed by atoms with Crippen LogP contribution in [-0.2, 0) is 14.0 Å². The number of quaternary nitrogens is 1. The maximum atomic E-state index is 12.8. The van der Waals surface area contributed by atoms with Crippen molar-refractivity contribution in [2.24, 2.45) is 0 Å². The Labute approximate surface area is 114 Å². The van der Waals surface area contributed by atoms with Gasteiger partial charge in [0.05, 0.1) is 12.7 Å². The van der Waals surface area contributed by atoms with Gasteiger partial charge in [0, 0.05) is 7.11 Å². The van der Waals surface area contributed by atoms with Crippen molar-refractivity contribution < 1.29 is 18.5 Å². The van der Waals surface area contributed by atoms with E-state index in [9.17, 15) is 15.0 Å². The number of hydrogen-bond donors (Lipinski definition) is 0. The molecule has 1 aliphatic heterocycles. The molecule has 1 aliphatic rings. The zero-order chi connectivity index (χ0) is 14.7. The number of rotatable bonds is 9. The first-order chi connectivity index (χ1) is 8.81. The molecule has 1 heterocycles. The van der Waals surface area contributed by atoms with Gasteiger partial charge in [0.25, 0.3) is 0 Å². The average Bonchev–Trinajstić information content (AvgIpc) is 3.15. The molecular formula is C11H24N2O5P-. The van der Waals surface area contributed by atoms with Crippen LogP contribution in [0.3, 0.4) is 0 Å². The smallest absolute Gasteiger partial charge is 0.337 e. The summed E-state index contributed by atoms with van der Waals surface area (Å²) in [7, 11) is -2.05. The minimum absolute atomic E-state index is 0.0257. The SMILES string of the molecule is CCN([O-])P(=O)(C(C)OCCC(C)OC)[N+]1([O-])CC1. The van der Waals surface area contributed by atoms with E-state index in [2.05, 4.69) is 0 Å². The number of methoxy groups -OCH3 is 1. The maximum Gasteiger partial charge on any atom is 0.337 e. The largest absolute Gasteiger partial charge is 0.776 e. The molecule has 0 bridgehead atoms. The Bertz CT molecular complexity index is 337. The Morgan fingerprint density at radius 2 is 2.00 bits per heavy atom. The summed E-state index contributed by atoms with van der Waals surface area (Å²) in [5, 5.41) is 24.0. The summed E-state index contributed by atoms with van der Waals surface area (Å²) in [6, 6.07) is 0. The summed E-state index contributed by atoms with van der Waals surface area (Å²) < 4.78 is 22.4. The monoisotopic (exact) mass is 295 g/mol. The molecule has 8 heteroatoms. The van der Waals surface area contributed by atoms with Gasteiger partial charge in [0.15, 0.2) is 5.85 Å². The lowest BCUT2D eigenvalue weighted by molar-refractivity contribution is -0.611. The minimum atomic E-state index is -3.65. The molecule has 0 aromatic heterocycles. The molecule has 0 amide bonds. The number of hydrogen-bond acceptors (Lipinski definition) is 5. The van der Waals surface area contributed by atoms with Crippen LogP contribution in [-0.4, -0.2) is 54.6 Å². The number of nitrogens with zero attached hydrogens (tertiary/aromatic N) is 2. The molecule has 0 saturated carbocycles. The van der Waals surface area contributed by atoms with Crippen molar-refractivity contribution >= 4 is 7.44 Å². The third-order valence-electron chi connectivity index (χ3n) is 3.48. The van der Waals surface area contributed by atoms with Gasteiger partial charge in [-0.05, 0) is 26.8 Å². The van der Waals surface area contributed by atoms with Crippen LogP contribution in [0.25, 0.3) is 0 Å². The predicted octanol–water partition coefficient (Wildman–Crippen LogP) is 2.12. The van der Waals surface area contributed by atoms with E-state index in [4.69, 9.17) is 9.47 Å². The van der Waals surface area contributed by atoms with Crippen LogP contribution in [0.15, 0.2) is 0 Å². The van der Waals surface area contributed by atoms with Gasteiger partial charge in [-0.1, -0.05) is 6.92 Å². The van der Waals surface area contributed by atoms with Crippen LogP contribution in [0.2, 0.25) is 0 Å². The molecule has 0 spiro atoms. The van der Waals surface area contributed by atoms with Crippen molar-refractivity contribution in [3.8, 4) is 0 Å². The lowest BCUT2D eigenvalue weighted by Gasteiger charge is -2.44. The highest BCUT2D eigenvalue weighted by Gasteiger charge is 2.55. The van der Waals surface area contributed by atoms with E-state index >= 15 is 0 Å². The van der Waals surface area contributed by atoms with Crippen molar-refractivity contribution in [1.82, 2.24) is 4.83 Å². The van der Waals surface area contributed by atoms with E-state index in [0.717, 1.165) is 0 Å². The van der Waals surface area contributed by atoms with E-state index in [1.54, 1.807) is 21.0 Å². The average molecular weight is 295 g/mol. The highest BCUT2D eigenvalue weighted by molar-refractivity contribution is 7.56. The molecule has 114 valence electrons. The molecular weight excluding hydrogens is 271 g/mol. The molecule has 0 aromatic rings. The Hall–Kier alpha value is -0.0100. The third kappa shape index (κ3) is 3.55. The molecule has 1 rings (SSSR count). The molecule has 3 atom stereocenters. The zero-order valence-electron chi connectivity index (χ0n) is 12.1. The first-order valence-electron chi connectivity index (χ1n) is 6.59. The van der Waals surface area contributed by atoms with Crippen molar-refractivity contribution in [3.05, 3.63) is 10.4 Å². The first kappa shape index (κ1) is 17.0. The van der Waals surface area contributed by atoms with E-state index in [1.807, 2.05) is 6.92 Å². The van der Waals surface area contributed by atoms with Crippen LogP contribution < -0.4 is 0 Å². The summed E-state index contributed by atoms with van der Waals surface area (Å²) in [4.78, 5) is 0.428. The van der Waals surface area contributed by atoms with Crippen molar-refractivity contribution in [1.29, 1.82) is 0 Å². The molecule has 3 unspecified atom stereocenters. The van der Waals surface area contributed by atoms with Crippen LogP contribution in [0.1, 0.15) is 27.2 Å².